The van der Waals surface area contributed by atoms with Crippen molar-refractivity contribution < 1.29 is 0 Å². The smallest absolute Gasteiger partial charge is 0.191 e. The van der Waals surface area contributed by atoms with Gasteiger partial charge in [-0.3, -0.25) is 0 Å². The Morgan fingerprint density at radius 1 is 1.25 bits per heavy atom. The monoisotopic (exact) mass is 296 g/mol. The van der Waals surface area contributed by atoms with Crippen molar-refractivity contribution in [2.45, 2.75) is 70.6 Å². The van der Waals surface area contributed by atoms with Gasteiger partial charge in [0.2, 0.25) is 0 Å². The van der Waals surface area contributed by atoms with Crippen LogP contribution in [-0.2, 0) is 13.0 Å². The fraction of sp³-hybridized carbons (Fsp3) is 0.867. The minimum atomic E-state index is 0.199. The van der Waals surface area contributed by atoms with E-state index in [1.54, 1.807) is 0 Å². The summed E-state index contributed by atoms with van der Waals surface area (Å²) in [6.45, 7) is 11.1. The lowest BCUT2D eigenvalue weighted by Gasteiger charge is -2.23. The first kappa shape index (κ1) is 15.8. The van der Waals surface area contributed by atoms with E-state index in [4.69, 9.17) is 0 Å². The average Bonchev–Trinajstić information content (AvgIpc) is 2.61. The molecular formula is C15H28N4S. The van der Waals surface area contributed by atoms with Crippen molar-refractivity contribution in [2.75, 3.05) is 12.3 Å². The van der Waals surface area contributed by atoms with E-state index in [1.165, 1.54) is 25.1 Å². The Labute approximate surface area is 127 Å². The maximum atomic E-state index is 4.38. The average molecular weight is 296 g/mol. The highest BCUT2D eigenvalue weighted by atomic mass is 32.2. The molecule has 20 heavy (non-hydrogen) atoms. The number of fused-ring (bicyclic) bond motifs is 1. The zero-order valence-electron chi connectivity index (χ0n) is 13.3. The summed E-state index contributed by atoms with van der Waals surface area (Å²) in [6.07, 6.45) is 4.93. The lowest BCUT2D eigenvalue weighted by atomic mass is 10.1. The van der Waals surface area contributed by atoms with Gasteiger partial charge >= 0.3 is 0 Å². The van der Waals surface area contributed by atoms with E-state index in [9.17, 15) is 0 Å². The van der Waals surface area contributed by atoms with Gasteiger partial charge < -0.3 is 9.88 Å². The molecule has 0 saturated heterocycles. The van der Waals surface area contributed by atoms with Crippen molar-refractivity contribution in [1.29, 1.82) is 0 Å². The molecule has 1 aliphatic heterocycles. The third kappa shape index (κ3) is 4.77. The number of rotatable bonds is 5. The summed E-state index contributed by atoms with van der Waals surface area (Å²) in [5.41, 5.74) is 0.199. The highest BCUT2D eigenvalue weighted by molar-refractivity contribution is 7.99. The van der Waals surface area contributed by atoms with E-state index in [-0.39, 0.29) is 5.54 Å². The number of nitrogens with one attached hydrogen (secondary N) is 1. The third-order valence-electron chi connectivity index (χ3n) is 3.55. The van der Waals surface area contributed by atoms with E-state index in [2.05, 4.69) is 47.8 Å². The fourth-order valence-corrected chi connectivity index (χ4v) is 3.32. The van der Waals surface area contributed by atoms with Gasteiger partial charge in [0.15, 0.2) is 5.16 Å². The van der Waals surface area contributed by atoms with Gasteiger partial charge in [-0.05, 0) is 46.1 Å². The molecule has 2 rings (SSSR count). The number of aromatic nitrogens is 3. The van der Waals surface area contributed by atoms with Crippen LogP contribution in [-0.4, -0.2) is 32.6 Å². The summed E-state index contributed by atoms with van der Waals surface area (Å²) >= 11 is 1.86. The van der Waals surface area contributed by atoms with Crippen molar-refractivity contribution in [3.8, 4) is 0 Å². The van der Waals surface area contributed by atoms with Gasteiger partial charge in [0, 0.05) is 24.3 Å². The van der Waals surface area contributed by atoms with E-state index >= 15 is 0 Å². The molecular weight excluding hydrogens is 268 g/mol. The van der Waals surface area contributed by atoms with Crippen LogP contribution >= 0.6 is 11.8 Å². The summed E-state index contributed by atoms with van der Waals surface area (Å²) in [5, 5.41) is 13.4. The molecule has 1 aromatic rings. The molecule has 4 nitrogen and oxygen atoms in total. The quantitative estimate of drug-likeness (QED) is 0.848. The molecule has 0 radical (unpaired) electrons. The number of nitrogens with zero attached hydrogens (tertiary/aromatic N) is 3. The van der Waals surface area contributed by atoms with Crippen LogP contribution < -0.4 is 5.32 Å². The summed E-state index contributed by atoms with van der Waals surface area (Å²) in [7, 11) is 0. The summed E-state index contributed by atoms with van der Waals surface area (Å²) in [5.74, 6) is 2.92. The molecule has 114 valence electrons. The number of aryl methyl sites for hydroxylation is 1. The van der Waals surface area contributed by atoms with Crippen LogP contribution in [0.15, 0.2) is 5.16 Å². The molecule has 0 aliphatic carbocycles. The van der Waals surface area contributed by atoms with Crippen LogP contribution in [0.4, 0.5) is 0 Å². The minimum Gasteiger partial charge on any atom is -0.312 e. The second kappa shape index (κ2) is 6.94. The number of thioether (sulfide) groups is 1. The Morgan fingerprint density at radius 2 is 2.05 bits per heavy atom. The number of hydrogen-bond donors (Lipinski definition) is 1. The lowest BCUT2D eigenvalue weighted by Crippen LogP contribution is -2.39. The topological polar surface area (TPSA) is 42.7 Å². The first-order valence-corrected chi connectivity index (χ1v) is 8.74. The van der Waals surface area contributed by atoms with Crippen LogP contribution in [0.3, 0.4) is 0 Å². The molecule has 1 N–H and O–H groups in total. The molecule has 0 fully saturated rings. The lowest BCUT2D eigenvalue weighted by molar-refractivity contribution is 0.395. The van der Waals surface area contributed by atoms with Crippen LogP contribution in [0.25, 0.3) is 0 Å². The molecule has 1 aliphatic rings. The van der Waals surface area contributed by atoms with Crippen molar-refractivity contribution in [3.05, 3.63) is 5.82 Å². The highest BCUT2D eigenvalue weighted by Gasteiger charge is 2.16. The summed E-state index contributed by atoms with van der Waals surface area (Å²) < 4.78 is 2.33. The standard InChI is InChI=1S/C15H28N4S/c1-12(10-16-15(2,3)4)11-20-14-18-17-13-8-6-5-7-9-19(13)14/h12,16H,5-11H2,1-4H3. The molecule has 0 bridgehead atoms. The molecule has 0 amide bonds. The molecule has 2 heterocycles. The van der Waals surface area contributed by atoms with Crippen LogP contribution in [0.1, 0.15) is 52.8 Å². The molecule has 5 heteroatoms. The summed E-state index contributed by atoms with van der Waals surface area (Å²) in [6, 6.07) is 0. The van der Waals surface area contributed by atoms with E-state index in [0.29, 0.717) is 5.92 Å². The van der Waals surface area contributed by atoms with Gasteiger partial charge in [0.05, 0.1) is 0 Å². The molecule has 1 atom stereocenters. The normalized spacial score (nSPS) is 17.6. The van der Waals surface area contributed by atoms with Gasteiger partial charge in [-0.2, -0.15) is 0 Å². The van der Waals surface area contributed by atoms with E-state index in [0.717, 1.165) is 30.4 Å². The first-order valence-electron chi connectivity index (χ1n) is 7.75. The van der Waals surface area contributed by atoms with E-state index in [1.807, 2.05) is 11.8 Å². The van der Waals surface area contributed by atoms with Crippen molar-refractivity contribution in [1.82, 2.24) is 20.1 Å². The molecule has 1 aromatic heterocycles. The SMILES string of the molecule is CC(CNC(C)(C)C)CSc1nnc2n1CCCCC2. The maximum Gasteiger partial charge on any atom is 0.191 e. The van der Waals surface area contributed by atoms with Gasteiger partial charge in [-0.1, -0.05) is 25.1 Å². The molecule has 1 unspecified atom stereocenters. The highest BCUT2D eigenvalue weighted by Crippen LogP contribution is 2.23. The molecule has 0 saturated carbocycles. The van der Waals surface area contributed by atoms with Crippen LogP contribution in [0.2, 0.25) is 0 Å². The maximum absolute atomic E-state index is 4.38. The Bertz CT molecular complexity index is 422. The second-order valence-electron chi connectivity index (χ2n) is 6.91. The molecule has 0 spiro atoms. The van der Waals surface area contributed by atoms with Gasteiger partial charge in [0.1, 0.15) is 5.82 Å². The van der Waals surface area contributed by atoms with Crippen LogP contribution in [0.5, 0.6) is 0 Å². The Balaban J connectivity index is 1.83. The second-order valence-corrected chi connectivity index (χ2v) is 7.90. The van der Waals surface area contributed by atoms with Gasteiger partial charge in [0.25, 0.3) is 0 Å². The predicted octanol–water partition coefficient (Wildman–Crippen LogP) is 3.12. The Hall–Kier alpha value is -0.550. The third-order valence-corrected chi connectivity index (χ3v) is 4.85. The fourth-order valence-electron chi connectivity index (χ4n) is 2.32. The van der Waals surface area contributed by atoms with Crippen molar-refractivity contribution >= 4 is 11.8 Å². The Kier molecular flexibility index (Phi) is 5.49. The largest absolute Gasteiger partial charge is 0.312 e. The summed E-state index contributed by atoms with van der Waals surface area (Å²) in [4.78, 5) is 0. The minimum absolute atomic E-state index is 0.199. The zero-order valence-corrected chi connectivity index (χ0v) is 14.1. The van der Waals surface area contributed by atoms with Gasteiger partial charge in [-0.15, -0.1) is 10.2 Å². The first-order chi connectivity index (χ1) is 9.46. The predicted molar refractivity (Wildman–Crippen MR) is 85.2 cm³/mol. The Morgan fingerprint density at radius 3 is 2.80 bits per heavy atom. The zero-order chi connectivity index (χ0) is 14.6. The van der Waals surface area contributed by atoms with Gasteiger partial charge in [-0.25, -0.2) is 0 Å². The van der Waals surface area contributed by atoms with Crippen molar-refractivity contribution in [3.63, 3.8) is 0 Å². The van der Waals surface area contributed by atoms with Crippen LogP contribution in [0, 0.1) is 5.92 Å². The number of hydrogen-bond acceptors (Lipinski definition) is 4. The van der Waals surface area contributed by atoms with E-state index < -0.39 is 0 Å². The van der Waals surface area contributed by atoms with Crippen molar-refractivity contribution in [2.24, 2.45) is 5.92 Å². The molecule has 0 aromatic carbocycles.